The zero-order chi connectivity index (χ0) is 9.73. The summed E-state index contributed by atoms with van der Waals surface area (Å²) >= 11 is 0. The molecular formula is C11H20O2. The van der Waals surface area contributed by atoms with Gasteiger partial charge in [-0.3, -0.25) is 0 Å². The quantitative estimate of drug-likeness (QED) is 0.627. The second-order valence-corrected chi connectivity index (χ2v) is 4.42. The highest BCUT2D eigenvalue weighted by Crippen LogP contribution is 2.37. The van der Waals surface area contributed by atoms with Crippen LogP contribution in [0.4, 0.5) is 0 Å². The van der Waals surface area contributed by atoms with E-state index in [-0.39, 0.29) is 0 Å². The molecule has 0 spiro atoms. The first-order chi connectivity index (χ1) is 6.20. The number of ether oxygens (including phenoxy) is 1. The highest BCUT2D eigenvalue weighted by Gasteiger charge is 2.30. The summed E-state index contributed by atoms with van der Waals surface area (Å²) < 4.78 is 5.46. The highest BCUT2D eigenvalue weighted by atomic mass is 16.5. The Kier molecular flexibility index (Phi) is 3.91. The minimum atomic E-state index is 0.315. The Morgan fingerprint density at radius 2 is 2.08 bits per heavy atom. The molecule has 0 radical (unpaired) electrons. The standard InChI is InChI=1S/C11H20O2/c1-3-13-9-11(2)6-4-10(8-12)5-7-11/h8,10H,3-7,9H2,1-2H3. The number of carbonyl (C=O) groups excluding carboxylic acids is 1. The molecule has 1 aliphatic rings. The van der Waals surface area contributed by atoms with E-state index in [2.05, 4.69) is 6.92 Å². The van der Waals surface area contributed by atoms with Gasteiger partial charge in [-0.1, -0.05) is 6.92 Å². The lowest BCUT2D eigenvalue weighted by Crippen LogP contribution is -2.29. The second kappa shape index (κ2) is 4.75. The van der Waals surface area contributed by atoms with Crippen molar-refractivity contribution in [2.24, 2.45) is 11.3 Å². The Hall–Kier alpha value is -0.370. The molecule has 1 rings (SSSR count). The molecule has 0 unspecified atom stereocenters. The third-order valence-electron chi connectivity index (χ3n) is 3.08. The van der Waals surface area contributed by atoms with E-state index >= 15 is 0 Å². The SMILES string of the molecule is CCOCC1(C)CCC(C=O)CC1. The summed E-state index contributed by atoms with van der Waals surface area (Å²) in [4.78, 5) is 10.6. The molecule has 0 bridgehead atoms. The van der Waals surface area contributed by atoms with Crippen LogP contribution < -0.4 is 0 Å². The van der Waals surface area contributed by atoms with Crippen LogP contribution in [-0.2, 0) is 9.53 Å². The van der Waals surface area contributed by atoms with Gasteiger partial charge in [0, 0.05) is 12.5 Å². The van der Waals surface area contributed by atoms with Crippen LogP contribution in [0.3, 0.4) is 0 Å². The van der Waals surface area contributed by atoms with Crippen molar-refractivity contribution in [1.29, 1.82) is 0 Å². The maximum absolute atomic E-state index is 10.6. The molecule has 1 saturated carbocycles. The van der Waals surface area contributed by atoms with Crippen molar-refractivity contribution in [3.8, 4) is 0 Å². The molecular weight excluding hydrogens is 164 g/mol. The summed E-state index contributed by atoms with van der Waals surface area (Å²) in [6.45, 7) is 5.95. The molecule has 2 heteroatoms. The van der Waals surface area contributed by atoms with Crippen LogP contribution in [0, 0.1) is 11.3 Å². The molecule has 0 saturated heterocycles. The normalized spacial score (nSPS) is 34.5. The summed E-state index contributed by atoms with van der Waals surface area (Å²) in [7, 11) is 0. The zero-order valence-electron chi connectivity index (χ0n) is 8.71. The zero-order valence-corrected chi connectivity index (χ0v) is 8.71. The van der Waals surface area contributed by atoms with Crippen LogP contribution in [0.5, 0.6) is 0 Å². The Morgan fingerprint density at radius 3 is 2.54 bits per heavy atom. The van der Waals surface area contributed by atoms with E-state index in [0.717, 1.165) is 45.2 Å². The molecule has 0 aromatic carbocycles. The van der Waals surface area contributed by atoms with Crippen molar-refractivity contribution in [1.82, 2.24) is 0 Å². The minimum absolute atomic E-state index is 0.315. The molecule has 0 aromatic heterocycles. The average molecular weight is 184 g/mol. The lowest BCUT2D eigenvalue weighted by molar-refractivity contribution is -0.113. The Labute approximate surface area is 80.7 Å². The monoisotopic (exact) mass is 184 g/mol. The van der Waals surface area contributed by atoms with Gasteiger partial charge in [-0.15, -0.1) is 0 Å². The van der Waals surface area contributed by atoms with Gasteiger partial charge in [-0.2, -0.15) is 0 Å². The van der Waals surface area contributed by atoms with Crippen molar-refractivity contribution in [3.05, 3.63) is 0 Å². The Balaban J connectivity index is 2.32. The van der Waals surface area contributed by atoms with Gasteiger partial charge < -0.3 is 9.53 Å². The molecule has 0 amide bonds. The fourth-order valence-corrected chi connectivity index (χ4v) is 1.97. The van der Waals surface area contributed by atoms with Crippen LogP contribution in [0.15, 0.2) is 0 Å². The van der Waals surface area contributed by atoms with Crippen molar-refractivity contribution in [2.75, 3.05) is 13.2 Å². The molecule has 1 fully saturated rings. The van der Waals surface area contributed by atoms with Crippen molar-refractivity contribution < 1.29 is 9.53 Å². The highest BCUT2D eigenvalue weighted by molar-refractivity contribution is 5.53. The summed E-state index contributed by atoms with van der Waals surface area (Å²) in [5.74, 6) is 0.315. The van der Waals surface area contributed by atoms with Gasteiger partial charge in [0.15, 0.2) is 0 Å². The fourth-order valence-electron chi connectivity index (χ4n) is 1.97. The van der Waals surface area contributed by atoms with E-state index in [1.54, 1.807) is 0 Å². The van der Waals surface area contributed by atoms with Gasteiger partial charge in [0.1, 0.15) is 6.29 Å². The summed E-state index contributed by atoms with van der Waals surface area (Å²) in [5.41, 5.74) is 0.329. The number of hydrogen-bond donors (Lipinski definition) is 0. The van der Waals surface area contributed by atoms with Gasteiger partial charge in [0.05, 0.1) is 6.61 Å². The van der Waals surface area contributed by atoms with Crippen LogP contribution in [0.1, 0.15) is 39.5 Å². The first-order valence-electron chi connectivity index (χ1n) is 5.23. The van der Waals surface area contributed by atoms with Crippen LogP contribution in [0.2, 0.25) is 0 Å². The summed E-state index contributed by atoms with van der Waals surface area (Å²) in [6, 6.07) is 0. The van der Waals surface area contributed by atoms with E-state index in [4.69, 9.17) is 4.74 Å². The predicted molar refractivity (Wildman–Crippen MR) is 52.6 cm³/mol. The second-order valence-electron chi connectivity index (χ2n) is 4.42. The molecule has 13 heavy (non-hydrogen) atoms. The fraction of sp³-hybridized carbons (Fsp3) is 0.909. The lowest BCUT2D eigenvalue weighted by atomic mass is 9.72. The van der Waals surface area contributed by atoms with Gasteiger partial charge in [0.2, 0.25) is 0 Å². The molecule has 0 aliphatic heterocycles. The molecule has 76 valence electrons. The number of carbonyl (C=O) groups is 1. The van der Waals surface area contributed by atoms with E-state index in [1.165, 1.54) is 0 Å². The molecule has 0 aromatic rings. The van der Waals surface area contributed by atoms with Crippen molar-refractivity contribution in [2.45, 2.75) is 39.5 Å². The van der Waals surface area contributed by atoms with Gasteiger partial charge >= 0.3 is 0 Å². The summed E-state index contributed by atoms with van der Waals surface area (Å²) in [5, 5.41) is 0. The Bertz CT molecular complexity index is 157. The average Bonchev–Trinajstić information content (AvgIpc) is 2.16. The Morgan fingerprint density at radius 1 is 1.46 bits per heavy atom. The van der Waals surface area contributed by atoms with E-state index in [1.807, 2.05) is 6.92 Å². The van der Waals surface area contributed by atoms with Crippen LogP contribution >= 0.6 is 0 Å². The van der Waals surface area contributed by atoms with Gasteiger partial charge in [-0.25, -0.2) is 0 Å². The topological polar surface area (TPSA) is 26.3 Å². The molecule has 0 atom stereocenters. The first kappa shape index (κ1) is 10.7. The number of hydrogen-bond acceptors (Lipinski definition) is 2. The van der Waals surface area contributed by atoms with Crippen LogP contribution in [-0.4, -0.2) is 19.5 Å². The molecule has 1 aliphatic carbocycles. The van der Waals surface area contributed by atoms with Gasteiger partial charge in [-0.05, 0) is 38.0 Å². The molecule has 2 nitrogen and oxygen atoms in total. The minimum Gasteiger partial charge on any atom is -0.381 e. The molecule has 0 N–H and O–H groups in total. The van der Waals surface area contributed by atoms with Gasteiger partial charge in [0.25, 0.3) is 0 Å². The van der Waals surface area contributed by atoms with Crippen molar-refractivity contribution in [3.63, 3.8) is 0 Å². The number of rotatable bonds is 4. The van der Waals surface area contributed by atoms with E-state index < -0.39 is 0 Å². The largest absolute Gasteiger partial charge is 0.381 e. The maximum atomic E-state index is 10.6. The smallest absolute Gasteiger partial charge is 0.123 e. The third kappa shape index (κ3) is 3.11. The molecule has 0 heterocycles. The third-order valence-corrected chi connectivity index (χ3v) is 3.08. The maximum Gasteiger partial charge on any atom is 0.123 e. The van der Waals surface area contributed by atoms with Crippen molar-refractivity contribution >= 4 is 6.29 Å². The van der Waals surface area contributed by atoms with E-state index in [9.17, 15) is 4.79 Å². The summed E-state index contributed by atoms with van der Waals surface area (Å²) in [6.07, 6.45) is 5.48. The first-order valence-corrected chi connectivity index (χ1v) is 5.23. The predicted octanol–water partition coefficient (Wildman–Crippen LogP) is 2.42. The van der Waals surface area contributed by atoms with E-state index in [0.29, 0.717) is 11.3 Å². The van der Waals surface area contributed by atoms with Crippen LogP contribution in [0.25, 0.3) is 0 Å². The lowest BCUT2D eigenvalue weighted by Gasteiger charge is -2.35. The number of aldehydes is 1.